The van der Waals surface area contributed by atoms with Crippen LogP contribution in [0.15, 0.2) is 47.5 Å². The SMILES string of the molecule is CN(C)S(=O)(=O)c1ccc(C(=O)N2CC(Oc3ncccc3C(F)(F)F)C2)cc1. The lowest BCUT2D eigenvalue weighted by Gasteiger charge is -2.39. The number of amides is 1. The maximum absolute atomic E-state index is 13.0. The molecule has 0 atom stereocenters. The number of alkyl halides is 3. The van der Waals surface area contributed by atoms with Gasteiger partial charge in [0, 0.05) is 25.9 Å². The third-order valence-corrected chi connectivity index (χ3v) is 6.20. The van der Waals surface area contributed by atoms with Crippen molar-refractivity contribution >= 4 is 15.9 Å². The number of carbonyl (C=O) groups excluding carboxylic acids is 1. The highest BCUT2D eigenvalue weighted by Crippen LogP contribution is 2.35. The number of pyridine rings is 1. The number of halogens is 3. The summed E-state index contributed by atoms with van der Waals surface area (Å²) in [6.07, 6.45) is -3.99. The largest absolute Gasteiger partial charge is 0.470 e. The number of nitrogens with zero attached hydrogens (tertiary/aromatic N) is 3. The Balaban J connectivity index is 1.63. The first-order valence-corrected chi connectivity index (χ1v) is 9.95. The van der Waals surface area contributed by atoms with Gasteiger partial charge in [-0.25, -0.2) is 17.7 Å². The zero-order valence-corrected chi connectivity index (χ0v) is 16.4. The second kappa shape index (κ2) is 7.64. The van der Waals surface area contributed by atoms with Crippen LogP contribution < -0.4 is 4.74 Å². The number of aromatic nitrogens is 1. The molecule has 1 aromatic heterocycles. The van der Waals surface area contributed by atoms with E-state index < -0.39 is 33.7 Å². The van der Waals surface area contributed by atoms with Crippen LogP contribution >= 0.6 is 0 Å². The normalized spacial score (nSPS) is 15.3. The molecule has 1 fully saturated rings. The van der Waals surface area contributed by atoms with Crippen LogP contribution in [0.2, 0.25) is 0 Å². The van der Waals surface area contributed by atoms with Gasteiger partial charge >= 0.3 is 6.18 Å². The van der Waals surface area contributed by atoms with Gasteiger partial charge < -0.3 is 9.64 Å². The number of carbonyl (C=O) groups is 1. The van der Waals surface area contributed by atoms with E-state index >= 15 is 0 Å². The van der Waals surface area contributed by atoms with E-state index in [2.05, 4.69) is 4.98 Å². The van der Waals surface area contributed by atoms with Gasteiger partial charge in [-0.1, -0.05) is 0 Å². The van der Waals surface area contributed by atoms with E-state index in [-0.39, 0.29) is 29.5 Å². The Labute approximate surface area is 165 Å². The van der Waals surface area contributed by atoms with Crippen molar-refractivity contribution in [2.24, 2.45) is 0 Å². The fraction of sp³-hybridized carbons (Fsp3) is 0.333. The van der Waals surface area contributed by atoms with Crippen LogP contribution in [-0.4, -0.2) is 61.8 Å². The number of sulfonamides is 1. The molecule has 0 saturated carbocycles. The fourth-order valence-corrected chi connectivity index (χ4v) is 3.60. The Morgan fingerprint density at radius 2 is 1.79 bits per heavy atom. The number of benzene rings is 1. The number of ether oxygens (including phenoxy) is 1. The molecule has 156 valence electrons. The summed E-state index contributed by atoms with van der Waals surface area (Å²) in [4.78, 5) is 17.5. The Kier molecular flexibility index (Phi) is 5.54. The fourth-order valence-electron chi connectivity index (χ4n) is 2.70. The third kappa shape index (κ3) is 4.35. The van der Waals surface area contributed by atoms with E-state index in [1.54, 1.807) is 0 Å². The van der Waals surface area contributed by atoms with Crippen molar-refractivity contribution < 1.29 is 31.1 Å². The molecule has 7 nitrogen and oxygen atoms in total. The molecule has 1 aromatic carbocycles. The standard InChI is InChI=1S/C18H18F3N3O4S/c1-23(2)29(26,27)14-7-5-12(6-8-14)17(25)24-10-13(11-24)28-16-15(18(19,20)21)4-3-9-22-16/h3-9,13H,10-11H2,1-2H3. The molecule has 2 aromatic rings. The average Bonchev–Trinajstić information content (AvgIpc) is 2.63. The highest BCUT2D eigenvalue weighted by molar-refractivity contribution is 7.89. The van der Waals surface area contributed by atoms with Crippen LogP contribution in [-0.2, 0) is 16.2 Å². The summed E-state index contributed by atoms with van der Waals surface area (Å²) in [6, 6.07) is 7.51. The van der Waals surface area contributed by atoms with Crippen molar-refractivity contribution in [2.75, 3.05) is 27.2 Å². The van der Waals surface area contributed by atoms with E-state index in [4.69, 9.17) is 4.74 Å². The van der Waals surface area contributed by atoms with Crippen LogP contribution in [0.1, 0.15) is 15.9 Å². The molecule has 29 heavy (non-hydrogen) atoms. The molecule has 0 radical (unpaired) electrons. The molecule has 1 aliphatic heterocycles. The van der Waals surface area contributed by atoms with Crippen LogP contribution in [0.4, 0.5) is 13.2 Å². The van der Waals surface area contributed by atoms with Gasteiger partial charge in [0.25, 0.3) is 5.91 Å². The van der Waals surface area contributed by atoms with Crippen LogP contribution in [0.5, 0.6) is 5.88 Å². The first-order chi connectivity index (χ1) is 13.5. The van der Waals surface area contributed by atoms with Crippen LogP contribution in [0.3, 0.4) is 0 Å². The summed E-state index contributed by atoms with van der Waals surface area (Å²) in [7, 11) is -0.795. The molecule has 1 aliphatic rings. The number of likely N-dealkylation sites (tertiary alicyclic amines) is 1. The second-order valence-electron chi connectivity index (χ2n) is 6.62. The van der Waals surface area contributed by atoms with Gasteiger partial charge in [0.2, 0.25) is 15.9 Å². The van der Waals surface area contributed by atoms with Crippen LogP contribution in [0.25, 0.3) is 0 Å². The van der Waals surface area contributed by atoms with Gasteiger partial charge in [0.15, 0.2) is 0 Å². The highest BCUT2D eigenvalue weighted by atomic mass is 32.2. The van der Waals surface area contributed by atoms with Crippen molar-refractivity contribution in [3.8, 4) is 5.88 Å². The van der Waals surface area contributed by atoms with E-state index in [0.717, 1.165) is 10.4 Å². The Hall–Kier alpha value is -2.66. The van der Waals surface area contributed by atoms with Gasteiger partial charge in [0.1, 0.15) is 11.7 Å². The summed E-state index contributed by atoms with van der Waals surface area (Å²) in [6.45, 7) is 0.203. The molecule has 0 N–H and O–H groups in total. The first-order valence-electron chi connectivity index (χ1n) is 8.51. The Morgan fingerprint density at radius 1 is 1.17 bits per heavy atom. The molecule has 1 saturated heterocycles. The van der Waals surface area contributed by atoms with Crippen molar-refractivity contribution in [2.45, 2.75) is 17.2 Å². The maximum atomic E-state index is 13.0. The van der Waals surface area contributed by atoms with Gasteiger partial charge in [-0.15, -0.1) is 0 Å². The molecular formula is C18H18F3N3O4S. The zero-order valence-electron chi connectivity index (χ0n) is 15.5. The molecule has 0 bridgehead atoms. The van der Waals surface area contributed by atoms with Gasteiger partial charge in [0.05, 0.1) is 18.0 Å². The predicted molar refractivity (Wildman–Crippen MR) is 96.9 cm³/mol. The van der Waals surface area contributed by atoms with Crippen molar-refractivity contribution in [1.29, 1.82) is 0 Å². The van der Waals surface area contributed by atoms with E-state index in [0.29, 0.717) is 0 Å². The molecule has 0 aliphatic carbocycles. The van der Waals surface area contributed by atoms with Gasteiger partial charge in [-0.2, -0.15) is 13.2 Å². The minimum Gasteiger partial charge on any atom is -0.470 e. The van der Waals surface area contributed by atoms with Gasteiger partial charge in [-0.3, -0.25) is 4.79 Å². The van der Waals surface area contributed by atoms with E-state index in [1.165, 1.54) is 55.5 Å². The van der Waals surface area contributed by atoms with Crippen LogP contribution in [0, 0.1) is 0 Å². The van der Waals surface area contributed by atoms with E-state index in [9.17, 15) is 26.4 Å². The zero-order chi connectivity index (χ0) is 21.4. The predicted octanol–water partition coefficient (Wildman–Crippen LogP) is 2.25. The lowest BCUT2D eigenvalue weighted by Crippen LogP contribution is -2.56. The molecule has 0 unspecified atom stereocenters. The summed E-state index contributed by atoms with van der Waals surface area (Å²) in [5.41, 5.74) is -0.697. The quantitative estimate of drug-likeness (QED) is 0.729. The number of hydrogen-bond acceptors (Lipinski definition) is 5. The maximum Gasteiger partial charge on any atom is 0.421 e. The third-order valence-electron chi connectivity index (χ3n) is 4.37. The summed E-state index contributed by atoms with van der Waals surface area (Å²) in [5.74, 6) is -0.883. The van der Waals surface area contributed by atoms with Crippen molar-refractivity contribution in [3.63, 3.8) is 0 Å². The second-order valence-corrected chi connectivity index (χ2v) is 8.77. The smallest absolute Gasteiger partial charge is 0.421 e. The minimum absolute atomic E-state index is 0.0544. The average molecular weight is 429 g/mol. The van der Waals surface area contributed by atoms with Crippen molar-refractivity contribution in [3.05, 3.63) is 53.7 Å². The summed E-state index contributed by atoms with van der Waals surface area (Å²) < 4.78 is 69.4. The molecule has 2 heterocycles. The van der Waals surface area contributed by atoms with E-state index in [1.807, 2.05) is 0 Å². The molecular weight excluding hydrogens is 411 g/mol. The summed E-state index contributed by atoms with van der Waals surface area (Å²) in [5, 5.41) is 0. The highest BCUT2D eigenvalue weighted by Gasteiger charge is 2.38. The number of rotatable bonds is 5. The lowest BCUT2D eigenvalue weighted by atomic mass is 10.1. The minimum atomic E-state index is -4.59. The molecule has 1 amide bonds. The first kappa shape index (κ1) is 21.1. The number of hydrogen-bond donors (Lipinski definition) is 0. The van der Waals surface area contributed by atoms with Gasteiger partial charge in [-0.05, 0) is 36.4 Å². The molecule has 3 rings (SSSR count). The van der Waals surface area contributed by atoms with Crippen molar-refractivity contribution in [1.82, 2.24) is 14.2 Å². The Morgan fingerprint density at radius 3 is 2.34 bits per heavy atom. The molecule has 0 spiro atoms. The lowest BCUT2D eigenvalue weighted by molar-refractivity contribution is -0.140. The summed E-state index contributed by atoms with van der Waals surface area (Å²) >= 11 is 0. The molecule has 11 heteroatoms. The Bertz CT molecular complexity index is 1000. The topological polar surface area (TPSA) is 79.8 Å². The monoisotopic (exact) mass is 429 g/mol.